The van der Waals surface area contributed by atoms with Gasteiger partial charge in [0.25, 0.3) is 0 Å². The predicted molar refractivity (Wildman–Crippen MR) is 54.5 cm³/mol. The monoisotopic (exact) mass is 282 g/mol. The number of halogens is 3. The van der Waals surface area contributed by atoms with Crippen molar-refractivity contribution in [3.8, 4) is 0 Å². The van der Waals surface area contributed by atoms with Gasteiger partial charge in [-0.1, -0.05) is 5.56 Å². The van der Waals surface area contributed by atoms with Gasteiger partial charge in [0.15, 0.2) is 0 Å². The van der Waals surface area contributed by atoms with Crippen molar-refractivity contribution in [2.24, 2.45) is 0 Å². The third-order valence-electron chi connectivity index (χ3n) is 1.74. The number of carbonyl (C=O) groups is 1. The molecule has 0 bridgehead atoms. The summed E-state index contributed by atoms with van der Waals surface area (Å²) in [5, 5.41) is 0. The Morgan fingerprint density at radius 3 is 1.59 bits per heavy atom. The molecule has 0 spiro atoms. The van der Waals surface area contributed by atoms with Gasteiger partial charge in [0.2, 0.25) is 5.78 Å². The number of hydrogen-bond donors (Lipinski definition) is 0. The Kier molecular flexibility index (Phi) is 6.54. The van der Waals surface area contributed by atoms with Crippen molar-refractivity contribution >= 4 is 5.78 Å². The van der Waals surface area contributed by atoms with Crippen LogP contribution in [0.2, 0.25) is 0 Å². The summed E-state index contributed by atoms with van der Waals surface area (Å²) in [5.41, 5.74) is -0.308. The van der Waals surface area contributed by atoms with Gasteiger partial charge in [-0.15, -0.1) is 0 Å². The Hall–Kier alpha value is -1.32. The van der Waals surface area contributed by atoms with Crippen LogP contribution in [-0.2, 0) is 17.1 Å². The maximum absolute atomic E-state index is 11.7. The molecule has 2 aromatic carbocycles. The van der Waals surface area contributed by atoms with Gasteiger partial charge in [-0.3, -0.25) is 4.79 Å². The van der Waals surface area contributed by atoms with E-state index in [0.717, 1.165) is 12.1 Å². The van der Waals surface area contributed by atoms with Crippen molar-refractivity contribution < 1.29 is 35.0 Å². The summed E-state index contributed by atoms with van der Waals surface area (Å²) in [6, 6.07) is 15.0. The van der Waals surface area contributed by atoms with Crippen molar-refractivity contribution in [1.82, 2.24) is 0 Å². The molecule has 0 amide bonds. The largest absolute Gasteiger partial charge is 0.748 e. The average molecular weight is 282 g/mol. The van der Waals surface area contributed by atoms with Crippen molar-refractivity contribution in [3.05, 3.63) is 60.2 Å². The van der Waals surface area contributed by atoms with E-state index in [-0.39, 0.29) is 22.6 Å². The van der Waals surface area contributed by atoms with Crippen LogP contribution in [0, 0.1) is 0 Å². The molecule has 0 aliphatic carbocycles. The van der Waals surface area contributed by atoms with Gasteiger partial charge >= 0.3 is 6.18 Å². The van der Waals surface area contributed by atoms with E-state index in [1.807, 2.05) is 30.3 Å². The van der Waals surface area contributed by atoms with Crippen molar-refractivity contribution in [2.75, 3.05) is 0 Å². The summed E-state index contributed by atoms with van der Waals surface area (Å²) in [4.78, 5) is 10.4. The van der Waals surface area contributed by atoms with Crippen LogP contribution in [0.4, 0.5) is 13.2 Å². The normalized spacial score (nSPS) is 9.82. The molecule has 0 aromatic heterocycles. The first kappa shape index (κ1) is 15.7. The topological polar surface area (TPSA) is 17.1 Å². The molecule has 0 N–H and O–H groups in total. The van der Waals surface area contributed by atoms with E-state index in [4.69, 9.17) is 0 Å². The minimum atomic E-state index is -4.76. The summed E-state index contributed by atoms with van der Waals surface area (Å²) in [6.45, 7) is 0. The zero-order valence-electron chi connectivity index (χ0n) is 8.59. The summed E-state index contributed by atoms with van der Waals surface area (Å²) < 4.78 is 35.0. The molecule has 2 rings (SSSR count). The molecule has 0 fully saturated rings. The molecule has 0 heterocycles. The summed E-state index contributed by atoms with van der Waals surface area (Å²) in [5.74, 6) is -1.79. The molecule has 98 valence electrons. The van der Waals surface area contributed by atoms with Gasteiger partial charge in [0, 0.05) is 17.1 Å². The van der Waals surface area contributed by atoms with Crippen molar-refractivity contribution in [1.29, 1.82) is 0 Å². The van der Waals surface area contributed by atoms with Crippen molar-refractivity contribution in [2.45, 2.75) is 6.18 Å². The first-order chi connectivity index (χ1) is 7.52. The number of Topliss-reactive ketones (excluding diaryl/α,β-unsaturated/α-hetero) is 1. The van der Waals surface area contributed by atoms with Crippen LogP contribution in [0.5, 0.6) is 0 Å². The molecule has 5 heteroatoms. The molecule has 0 radical (unpaired) electrons. The molecule has 0 aliphatic heterocycles. The van der Waals surface area contributed by atoms with E-state index >= 15 is 0 Å². The number of carbonyl (C=O) groups excluding carboxylic acids is 1. The zero-order chi connectivity index (χ0) is 12.0. The Morgan fingerprint density at radius 1 is 0.941 bits per heavy atom. The quantitative estimate of drug-likeness (QED) is 0.444. The summed E-state index contributed by atoms with van der Waals surface area (Å²) in [6.07, 6.45) is -4.76. The Morgan fingerprint density at radius 2 is 1.29 bits per heavy atom. The molecular weight excluding hydrogens is 273 g/mol. The number of alkyl halides is 3. The predicted octanol–water partition coefficient (Wildman–Crippen LogP) is 3.55. The van der Waals surface area contributed by atoms with Crippen LogP contribution in [0.3, 0.4) is 0 Å². The molecule has 0 saturated heterocycles. The molecular formula is C12H9F3FeO-6. The Balaban J connectivity index is 0.000000360. The molecule has 2 aromatic rings. The second-order valence-corrected chi connectivity index (χ2v) is 2.96. The van der Waals surface area contributed by atoms with Gasteiger partial charge in [-0.05, 0) is 0 Å². The fraction of sp³-hybridized carbons (Fsp3) is 0.0833. The smallest absolute Gasteiger partial charge is 0.442 e. The van der Waals surface area contributed by atoms with E-state index in [0.29, 0.717) is 0 Å². The van der Waals surface area contributed by atoms with Crippen LogP contribution in [0.1, 0.15) is 10.4 Å². The van der Waals surface area contributed by atoms with Gasteiger partial charge in [0.05, 0.1) is 0 Å². The van der Waals surface area contributed by atoms with Gasteiger partial charge in [0.1, 0.15) is 0 Å². The zero-order valence-corrected chi connectivity index (χ0v) is 9.70. The molecule has 0 unspecified atom stereocenters. The third kappa shape index (κ3) is 5.52. The molecule has 0 saturated carbocycles. The average Bonchev–Trinajstić information content (AvgIpc) is 2.91. The van der Waals surface area contributed by atoms with Crippen LogP contribution in [0.25, 0.3) is 0 Å². The SMILES string of the molecule is O=C([c-]1cccc1)C(F)(F)F.[Fe].[cH-]1[cH-][cH-][cH-][cH-]1. The molecule has 17 heavy (non-hydrogen) atoms. The van der Waals surface area contributed by atoms with Crippen LogP contribution >= 0.6 is 0 Å². The second kappa shape index (κ2) is 7.09. The standard InChI is InChI=1S/C7H4F3O.C5H5.Fe/c8-7(9,10)6(11)5-3-1-2-4-5;1-2-4-5-3-1;/h1-4H;1-5H;/q-1;-5;. The number of ketones is 1. The van der Waals surface area contributed by atoms with Gasteiger partial charge in [-0.2, -0.15) is 25.3 Å². The van der Waals surface area contributed by atoms with E-state index < -0.39 is 12.0 Å². The minimum Gasteiger partial charge on any atom is -0.748 e. The first-order valence-corrected chi connectivity index (χ1v) is 4.52. The van der Waals surface area contributed by atoms with Gasteiger partial charge < -0.3 is 30.3 Å². The van der Waals surface area contributed by atoms with Crippen LogP contribution in [-0.4, -0.2) is 12.0 Å². The first-order valence-electron chi connectivity index (χ1n) is 4.52. The number of rotatable bonds is 1. The molecule has 0 atom stereocenters. The fourth-order valence-corrected chi connectivity index (χ4v) is 1.01. The molecule has 1 nitrogen and oxygen atoms in total. The van der Waals surface area contributed by atoms with Gasteiger partial charge in [-0.25, -0.2) is 12.1 Å². The third-order valence-corrected chi connectivity index (χ3v) is 1.74. The van der Waals surface area contributed by atoms with E-state index in [2.05, 4.69) is 0 Å². The Labute approximate surface area is 107 Å². The van der Waals surface area contributed by atoms with Crippen molar-refractivity contribution in [3.63, 3.8) is 0 Å². The maximum Gasteiger partial charge on any atom is 0.442 e. The minimum absolute atomic E-state index is 0. The second-order valence-electron chi connectivity index (χ2n) is 2.96. The van der Waals surface area contributed by atoms with E-state index in [1.54, 1.807) is 0 Å². The van der Waals surface area contributed by atoms with Crippen LogP contribution in [0.15, 0.2) is 54.6 Å². The van der Waals surface area contributed by atoms with E-state index in [9.17, 15) is 18.0 Å². The van der Waals surface area contributed by atoms with E-state index in [1.165, 1.54) is 12.1 Å². The summed E-state index contributed by atoms with van der Waals surface area (Å²) in [7, 11) is 0. The Bertz CT molecular complexity index is 384. The van der Waals surface area contributed by atoms with Crippen LogP contribution < -0.4 is 0 Å². The number of hydrogen-bond acceptors (Lipinski definition) is 1. The molecule has 0 aliphatic rings. The maximum atomic E-state index is 11.7. The fourth-order valence-electron chi connectivity index (χ4n) is 1.01. The summed E-state index contributed by atoms with van der Waals surface area (Å²) >= 11 is 0.